The van der Waals surface area contributed by atoms with Gasteiger partial charge in [-0.2, -0.15) is 5.26 Å². The van der Waals surface area contributed by atoms with Gasteiger partial charge in [0.2, 0.25) is 10.0 Å². The predicted octanol–water partition coefficient (Wildman–Crippen LogP) is 1.74. The van der Waals surface area contributed by atoms with Gasteiger partial charge in [-0.25, -0.2) is 13.1 Å². The first kappa shape index (κ1) is 15.8. The molecule has 1 aliphatic carbocycles. The molecule has 2 N–H and O–H groups in total. The first-order valence-corrected chi connectivity index (χ1v) is 8.14. The van der Waals surface area contributed by atoms with Crippen LogP contribution in [0.2, 0.25) is 5.02 Å². The second kappa shape index (κ2) is 6.02. The number of benzene rings is 1. The number of halogens is 1. The van der Waals surface area contributed by atoms with Gasteiger partial charge in [-0.3, -0.25) is 4.79 Å². The van der Waals surface area contributed by atoms with Crippen LogP contribution in [-0.4, -0.2) is 25.5 Å². The van der Waals surface area contributed by atoms with E-state index >= 15 is 0 Å². The normalized spacial score (nSPS) is 21.9. The van der Waals surface area contributed by atoms with Gasteiger partial charge in [-0.15, -0.1) is 0 Å². The summed E-state index contributed by atoms with van der Waals surface area (Å²) in [5, 5.41) is 17.7. The molecular weight excluding hydrogens is 316 g/mol. The fourth-order valence-corrected chi connectivity index (χ4v) is 3.95. The number of carboxylic acids is 1. The Morgan fingerprint density at radius 3 is 2.67 bits per heavy atom. The first-order chi connectivity index (χ1) is 9.83. The maximum atomic E-state index is 12.2. The number of carboxylic acid groups (broad SMARTS) is 1. The van der Waals surface area contributed by atoms with E-state index in [2.05, 4.69) is 4.72 Å². The van der Waals surface area contributed by atoms with Crippen molar-refractivity contribution in [1.29, 1.82) is 5.26 Å². The van der Waals surface area contributed by atoms with E-state index in [0.717, 1.165) is 0 Å². The minimum absolute atomic E-state index is 0.0368. The number of carbonyl (C=O) groups is 1. The number of rotatable bonds is 4. The van der Waals surface area contributed by atoms with Gasteiger partial charge in [0.15, 0.2) is 0 Å². The van der Waals surface area contributed by atoms with Gasteiger partial charge in [-0.05, 0) is 37.5 Å². The van der Waals surface area contributed by atoms with Crippen molar-refractivity contribution in [3.05, 3.63) is 28.8 Å². The molecule has 1 fully saturated rings. The fraction of sp³-hybridized carbons (Fsp3) is 0.385. The zero-order valence-electron chi connectivity index (χ0n) is 10.9. The lowest BCUT2D eigenvalue weighted by atomic mass is 10.1. The number of nitrogens with one attached hydrogen (secondary N) is 1. The lowest BCUT2D eigenvalue weighted by Crippen LogP contribution is -2.33. The summed E-state index contributed by atoms with van der Waals surface area (Å²) >= 11 is 5.82. The van der Waals surface area contributed by atoms with Crippen LogP contribution in [0, 0.1) is 17.2 Å². The molecule has 112 valence electrons. The van der Waals surface area contributed by atoms with Crippen LogP contribution in [0.5, 0.6) is 0 Å². The van der Waals surface area contributed by atoms with Gasteiger partial charge in [0.05, 0.1) is 21.4 Å². The van der Waals surface area contributed by atoms with E-state index < -0.39 is 28.0 Å². The quantitative estimate of drug-likeness (QED) is 0.875. The van der Waals surface area contributed by atoms with Gasteiger partial charge in [0.25, 0.3) is 0 Å². The van der Waals surface area contributed by atoms with Crippen LogP contribution >= 0.6 is 11.6 Å². The van der Waals surface area contributed by atoms with E-state index in [0.29, 0.717) is 12.8 Å². The van der Waals surface area contributed by atoms with Gasteiger partial charge < -0.3 is 5.11 Å². The van der Waals surface area contributed by atoms with Gasteiger partial charge >= 0.3 is 5.97 Å². The highest BCUT2D eigenvalue weighted by molar-refractivity contribution is 7.89. The summed E-state index contributed by atoms with van der Waals surface area (Å²) in [6.45, 7) is 0. The third-order valence-electron chi connectivity index (χ3n) is 3.47. The van der Waals surface area contributed by atoms with Crippen molar-refractivity contribution >= 4 is 27.6 Å². The molecule has 21 heavy (non-hydrogen) atoms. The summed E-state index contributed by atoms with van der Waals surface area (Å²) < 4.78 is 26.9. The minimum Gasteiger partial charge on any atom is -0.481 e. The maximum absolute atomic E-state index is 12.2. The Bertz CT molecular complexity index is 711. The first-order valence-electron chi connectivity index (χ1n) is 6.28. The summed E-state index contributed by atoms with van der Waals surface area (Å²) in [6, 6.07) is 5.31. The lowest BCUT2D eigenvalue weighted by molar-refractivity contribution is -0.141. The molecule has 1 aliphatic rings. The summed E-state index contributed by atoms with van der Waals surface area (Å²) in [5.41, 5.74) is 0.197. The highest BCUT2D eigenvalue weighted by Crippen LogP contribution is 2.27. The van der Waals surface area contributed by atoms with E-state index in [1.807, 2.05) is 6.07 Å². The number of sulfonamides is 1. The van der Waals surface area contributed by atoms with Crippen LogP contribution in [0.3, 0.4) is 0 Å². The number of hydrogen-bond donors (Lipinski definition) is 2. The van der Waals surface area contributed by atoms with Crippen molar-refractivity contribution in [2.45, 2.75) is 30.2 Å². The van der Waals surface area contributed by atoms with Crippen LogP contribution in [0.25, 0.3) is 0 Å². The summed E-state index contributed by atoms with van der Waals surface area (Å²) in [5.74, 6) is -1.42. The van der Waals surface area contributed by atoms with Crippen LogP contribution in [0.15, 0.2) is 23.1 Å². The second-order valence-corrected chi connectivity index (χ2v) is 7.04. The Kier molecular flexibility index (Phi) is 4.52. The highest BCUT2D eigenvalue weighted by atomic mass is 35.5. The molecule has 0 aromatic heterocycles. The highest BCUT2D eigenvalue weighted by Gasteiger charge is 2.32. The molecule has 8 heteroatoms. The van der Waals surface area contributed by atoms with Gasteiger partial charge in [0, 0.05) is 6.04 Å². The smallest absolute Gasteiger partial charge is 0.306 e. The standard InChI is InChI=1S/C13H13ClN2O4S/c14-12-6-11(4-2-9(12)7-15)21(19,20)16-10-3-1-8(5-10)13(17)18/h2,4,6,8,10,16H,1,3,5H2,(H,17,18)/t8-,10+/m1/s1. The molecule has 1 saturated carbocycles. The summed E-state index contributed by atoms with van der Waals surface area (Å²) in [6.07, 6.45) is 1.22. The van der Waals surface area contributed by atoms with Gasteiger partial charge in [0.1, 0.15) is 6.07 Å². The molecule has 1 aromatic rings. The van der Waals surface area contributed by atoms with Gasteiger partial charge in [-0.1, -0.05) is 11.6 Å². The van der Waals surface area contributed by atoms with E-state index in [9.17, 15) is 13.2 Å². The molecule has 2 atom stereocenters. The number of nitriles is 1. The van der Waals surface area contributed by atoms with Crippen molar-refractivity contribution in [1.82, 2.24) is 4.72 Å². The topological polar surface area (TPSA) is 107 Å². The Labute approximate surface area is 127 Å². The van der Waals surface area contributed by atoms with Crippen molar-refractivity contribution in [3.8, 4) is 6.07 Å². The summed E-state index contributed by atoms with van der Waals surface area (Å²) in [7, 11) is -3.78. The van der Waals surface area contributed by atoms with Crippen LogP contribution < -0.4 is 4.72 Å². The zero-order chi connectivity index (χ0) is 15.6. The number of aliphatic carboxylic acids is 1. The fourth-order valence-electron chi connectivity index (χ4n) is 2.35. The molecule has 0 radical (unpaired) electrons. The predicted molar refractivity (Wildman–Crippen MR) is 75.3 cm³/mol. The number of nitrogens with zero attached hydrogens (tertiary/aromatic N) is 1. The molecule has 0 aliphatic heterocycles. The molecule has 0 saturated heterocycles. The molecule has 0 amide bonds. The van der Waals surface area contributed by atoms with Crippen molar-refractivity contribution < 1.29 is 18.3 Å². The maximum Gasteiger partial charge on any atom is 0.306 e. The lowest BCUT2D eigenvalue weighted by Gasteiger charge is -2.13. The molecule has 6 nitrogen and oxygen atoms in total. The SMILES string of the molecule is N#Cc1ccc(S(=O)(=O)N[C@H]2CC[C@@H](C(=O)O)C2)cc1Cl. The Hall–Kier alpha value is -1.62. The van der Waals surface area contributed by atoms with Crippen LogP contribution in [0.4, 0.5) is 0 Å². The molecule has 0 spiro atoms. The average molecular weight is 329 g/mol. The minimum atomic E-state index is -3.78. The number of hydrogen-bond acceptors (Lipinski definition) is 4. The third kappa shape index (κ3) is 3.53. The Morgan fingerprint density at radius 1 is 1.43 bits per heavy atom. The van der Waals surface area contributed by atoms with Crippen LogP contribution in [-0.2, 0) is 14.8 Å². The third-order valence-corrected chi connectivity index (χ3v) is 5.31. The second-order valence-electron chi connectivity index (χ2n) is 4.92. The molecule has 0 bridgehead atoms. The largest absolute Gasteiger partial charge is 0.481 e. The monoisotopic (exact) mass is 328 g/mol. The molecular formula is C13H13ClN2O4S. The van der Waals surface area contributed by atoms with E-state index in [4.69, 9.17) is 22.0 Å². The zero-order valence-corrected chi connectivity index (χ0v) is 12.5. The van der Waals surface area contributed by atoms with Crippen LogP contribution in [0.1, 0.15) is 24.8 Å². The van der Waals surface area contributed by atoms with E-state index in [-0.39, 0.29) is 21.9 Å². The molecule has 0 unspecified atom stereocenters. The van der Waals surface area contributed by atoms with Crippen molar-refractivity contribution in [2.75, 3.05) is 0 Å². The summed E-state index contributed by atoms with van der Waals surface area (Å²) in [4.78, 5) is 10.8. The molecule has 1 aromatic carbocycles. The molecule has 2 rings (SSSR count). The Balaban J connectivity index is 2.15. The average Bonchev–Trinajstić information content (AvgIpc) is 2.86. The van der Waals surface area contributed by atoms with E-state index in [1.54, 1.807) is 0 Å². The van der Waals surface area contributed by atoms with Crippen molar-refractivity contribution in [3.63, 3.8) is 0 Å². The van der Waals surface area contributed by atoms with Crippen molar-refractivity contribution in [2.24, 2.45) is 5.92 Å². The Morgan fingerprint density at radius 2 is 2.14 bits per heavy atom. The van der Waals surface area contributed by atoms with E-state index in [1.165, 1.54) is 18.2 Å². The molecule has 0 heterocycles.